The number of fused-ring (bicyclic) bond motifs is 1. The summed E-state index contributed by atoms with van der Waals surface area (Å²) in [6.07, 6.45) is -0.738. The van der Waals surface area contributed by atoms with Crippen LogP contribution in [0.3, 0.4) is 0 Å². The lowest BCUT2D eigenvalue weighted by Crippen LogP contribution is -2.53. The number of allylic oxidation sites excluding steroid dienone is 2. The van der Waals surface area contributed by atoms with Gasteiger partial charge in [0.1, 0.15) is 6.07 Å². The summed E-state index contributed by atoms with van der Waals surface area (Å²) in [6.45, 7) is 4.62. The highest BCUT2D eigenvalue weighted by Gasteiger charge is 2.53. The van der Waals surface area contributed by atoms with E-state index in [2.05, 4.69) is 5.32 Å². The van der Waals surface area contributed by atoms with Crippen molar-refractivity contribution in [3.63, 3.8) is 0 Å². The molecule has 0 aromatic carbocycles. The molecule has 0 saturated heterocycles. The van der Waals surface area contributed by atoms with Gasteiger partial charge in [-0.2, -0.15) is 18.4 Å². The predicted octanol–water partition coefficient (Wildman–Crippen LogP) is 3.37. The normalized spacial score (nSPS) is 34.6. The molecular formula is C16H21F3N2O. The topological polar surface area (TPSA) is 52.9 Å². The molecule has 2 rings (SSSR count). The molecule has 1 N–H and O–H groups in total. The quantitative estimate of drug-likeness (QED) is 0.850. The Balaban J connectivity index is 2.23. The van der Waals surface area contributed by atoms with Gasteiger partial charge >= 0.3 is 6.18 Å². The summed E-state index contributed by atoms with van der Waals surface area (Å²) in [5, 5.41) is 11.7. The first-order chi connectivity index (χ1) is 9.99. The molecule has 0 amide bonds. The van der Waals surface area contributed by atoms with Gasteiger partial charge < -0.3 is 5.32 Å². The second kappa shape index (κ2) is 5.38. The van der Waals surface area contributed by atoms with E-state index in [0.717, 1.165) is 0 Å². The average molecular weight is 314 g/mol. The number of ketones is 1. The zero-order valence-corrected chi connectivity index (χ0v) is 13.0. The Morgan fingerprint density at radius 1 is 1.36 bits per heavy atom. The van der Waals surface area contributed by atoms with Gasteiger partial charge in [0.25, 0.3) is 0 Å². The van der Waals surface area contributed by atoms with Crippen molar-refractivity contribution in [3.05, 3.63) is 11.6 Å². The Morgan fingerprint density at radius 3 is 2.55 bits per heavy atom. The monoisotopic (exact) mass is 314 g/mol. The lowest BCUT2D eigenvalue weighted by molar-refractivity contribution is -0.133. The Kier molecular flexibility index (Phi) is 4.16. The average Bonchev–Trinajstić information content (AvgIpc) is 2.39. The van der Waals surface area contributed by atoms with Gasteiger partial charge in [0.2, 0.25) is 0 Å². The van der Waals surface area contributed by atoms with Crippen LogP contribution in [0.4, 0.5) is 13.2 Å². The Hall–Kier alpha value is -1.35. The van der Waals surface area contributed by atoms with E-state index in [0.29, 0.717) is 19.3 Å². The molecule has 0 bridgehead atoms. The molecule has 2 aliphatic rings. The molecule has 22 heavy (non-hydrogen) atoms. The summed E-state index contributed by atoms with van der Waals surface area (Å²) in [5.74, 6) is -0.104. The fourth-order valence-corrected chi connectivity index (χ4v) is 4.24. The van der Waals surface area contributed by atoms with Crippen LogP contribution in [0.2, 0.25) is 0 Å². The van der Waals surface area contributed by atoms with Gasteiger partial charge in [0.15, 0.2) is 5.78 Å². The SMILES string of the molecule is CC1(C)C(=O)C(C#N)=C[C@@]2(C)C[C@H](NCC(F)(F)F)CC[C@H]12. The number of carbonyl (C=O) groups excluding carboxylic acids is 1. The lowest BCUT2D eigenvalue weighted by atomic mass is 9.52. The van der Waals surface area contributed by atoms with Gasteiger partial charge in [0.05, 0.1) is 12.1 Å². The highest BCUT2D eigenvalue weighted by molar-refractivity contribution is 6.04. The Bertz CT molecular complexity index is 545. The first kappa shape index (κ1) is 17.0. The van der Waals surface area contributed by atoms with Crippen LogP contribution >= 0.6 is 0 Å². The van der Waals surface area contributed by atoms with Gasteiger partial charge in [-0.15, -0.1) is 0 Å². The minimum Gasteiger partial charge on any atom is -0.306 e. The van der Waals surface area contributed by atoms with Crippen LogP contribution in [-0.4, -0.2) is 24.5 Å². The van der Waals surface area contributed by atoms with Gasteiger partial charge in [0, 0.05) is 11.5 Å². The van der Waals surface area contributed by atoms with E-state index in [9.17, 15) is 23.2 Å². The summed E-state index contributed by atoms with van der Waals surface area (Å²) < 4.78 is 37.1. The maximum absolute atomic E-state index is 12.4. The van der Waals surface area contributed by atoms with Crippen LogP contribution in [-0.2, 0) is 4.79 Å². The lowest BCUT2D eigenvalue weighted by Gasteiger charge is -2.52. The van der Waals surface area contributed by atoms with Crippen molar-refractivity contribution in [1.29, 1.82) is 5.26 Å². The molecule has 0 aromatic heterocycles. The molecule has 122 valence electrons. The second-order valence-electron chi connectivity index (χ2n) is 7.25. The first-order valence-electron chi connectivity index (χ1n) is 7.47. The second-order valence-corrected chi connectivity index (χ2v) is 7.25. The van der Waals surface area contributed by atoms with Gasteiger partial charge in [-0.3, -0.25) is 4.79 Å². The van der Waals surface area contributed by atoms with Gasteiger partial charge in [-0.25, -0.2) is 0 Å². The highest BCUT2D eigenvalue weighted by atomic mass is 19.4. The summed E-state index contributed by atoms with van der Waals surface area (Å²) >= 11 is 0. The minimum atomic E-state index is -4.23. The largest absolute Gasteiger partial charge is 0.401 e. The molecule has 1 fully saturated rings. The number of hydrogen-bond donors (Lipinski definition) is 1. The van der Waals surface area contributed by atoms with E-state index >= 15 is 0 Å². The molecule has 3 nitrogen and oxygen atoms in total. The highest BCUT2D eigenvalue weighted by Crippen LogP contribution is 2.55. The number of nitrogens with one attached hydrogen (secondary N) is 1. The number of hydrogen-bond acceptors (Lipinski definition) is 3. The maximum Gasteiger partial charge on any atom is 0.401 e. The zero-order chi connectivity index (χ0) is 16.8. The number of alkyl halides is 3. The number of Topliss-reactive ketones (excluding diaryl/α,β-unsaturated/α-hetero) is 1. The smallest absolute Gasteiger partial charge is 0.306 e. The molecule has 6 heteroatoms. The van der Waals surface area contributed by atoms with Crippen molar-refractivity contribution < 1.29 is 18.0 Å². The van der Waals surface area contributed by atoms with Crippen LogP contribution in [0.1, 0.15) is 40.0 Å². The fraction of sp³-hybridized carbons (Fsp3) is 0.750. The fourth-order valence-electron chi connectivity index (χ4n) is 4.24. The van der Waals surface area contributed by atoms with Gasteiger partial charge in [-0.1, -0.05) is 26.8 Å². The summed E-state index contributed by atoms with van der Waals surface area (Å²) in [7, 11) is 0. The number of rotatable bonds is 2. The van der Waals surface area contributed by atoms with E-state index in [1.54, 1.807) is 6.08 Å². The van der Waals surface area contributed by atoms with E-state index in [1.807, 2.05) is 26.8 Å². The van der Waals surface area contributed by atoms with Crippen LogP contribution in [0.25, 0.3) is 0 Å². The van der Waals surface area contributed by atoms with Gasteiger partial charge in [-0.05, 0) is 30.6 Å². The molecule has 0 heterocycles. The van der Waals surface area contributed by atoms with Crippen molar-refractivity contribution in [2.75, 3.05) is 6.54 Å². The van der Waals surface area contributed by atoms with E-state index in [1.165, 1.54) is 0 Å². The number of nitrogens with zero attached hydrogens (tertiary/aromatic N) is 1. The van der Waals surface area contributed by atoms with Crippen molar-refractivity contribution in [1.82, 2.24) is 5.32 Å². The molecule has 0 spiro atoms. The predicted molar refractivity (Wildman–Crippen MR) is 75.8 cm³/mol. The molecule has 0 radical (unpaired) electrons. The third-order valence-electron chi connectivity index (χ3n) is 5.17. The zero-order valence-electron chi connectivity index (χ0n) is 13.0. The number of halogens is 3. The molecule has 0 aromatic rings. The maximum atomic E-state index is 12.4. The van der Waals surface area contributed by atoms with Crippen molar-refractivity contribution in [3.8, 4) is 6.07 Å². The third-order valence-corrected chi connectivity index (χ3v) is 5.17. The van der Waals surface area contributed by atoms with Crippen molar-refractivity contribution >= 4 is 5.78 Å². The van der Waals surface area contributed by atoms with Crippen LogP contribution in [0.15, 0.2) is 11.6 Å². The van der Waals surface area contributed by atoms with E-state index in [-0.39, 0.29) is 23.3 Å². The summed E-state index contributed by atoms with van der Waals surface area (Å²) in [5.41, 5.74) is -0.937. The molecular weight excluding hydrogens is 293 g/mol. The Labute approximate surface area is 128 Å². The third kappa shape index (κ3) is 3.05. The van der Waals surface area contributed by atoms with Crippen molar-refractivity contribution in [2.24, 2.45) is 16.7 Å². The minimum absolute atomic E-state index is 0.0496. The molecule has 0 unspecified atom stereocenters. The van der Waals surface area contributed by atoms with Crippen LogP contribution < -0.4 is 5.32 Å². The standard InChI is InChI=1S/C16H21F3N2O/c1-14(2)12-5-4-11(21-9-16(17,18)19)7-15(12,3)6-10(8-20)13(14)22/h6,11-12,21H,4-5,7,9H2,1-3H3/t11-,12-,15+/m1/s1. The first-order valence-corrected chi connectivity index (χ1v) is 7.47. The summed E-state index contributed by atoms with van der Waals surface area (Å²) in [4.78, 5) is 12.4. The van der Waals surface area contributed by atoms with Crippen LogP contribution in [0.5, 0.6) is 0 Å². The number of nitriles is 1. The molecule has 3 atom stereocenters. The molecule has 1 saturated carbocycles. The van der Waals surface area contributed by atoms with Crippen molar-refractivity contribution in [2.45, 2.75) is 52.3 Å². The Morgan fingerprint density at radius 2 is 2.00 bits per heavy atom. The summed E-state index contributed by atoms with van der Waals surface area (Å²) in [6, 6.07) is 1.70. The van der Waals surface area contributed by atoms with E-state index < -0.39 is 23.6 Å². The number of carbonyl (C=O) groups is 1. The molecule has 0 aliphatic heterocycles. The van der Waals surface area contributed by atoms with Crippen LogP contribution in [0, 0.1) is 28.1 Å². The molecule has 2 aliphatic carbocycles. The van der Waals surface area contributed by atoms with E-state index in [4.69, 9.17) is 0 Å².